The molecule has 1 aromatic carbocycles. The van der Waals surface area contributed by atoms with E-state index in [1.807, 2.05) is 6.07 Å². The Labute approximate surface area is 110 Å². The summed E-state index contributed by atoms with van der Waals surface area (Å²) >= 11 is 0. The molecule has 0 amide bonds. The predicted molar refractivity (Wildman–Crippen MR) is 73.6 cm³/mol. The zero-order valence-corrected chi connectivity index (χ0v) is 11.1. The molecule has 1 aliphatic rings. The van der Waals surface area contributed by atoms with Gasteiger partial charge in [-0.2, -0.15) is 0 Å². The minimum absolute atomic E-state index is 0.0500. The van der Waals surface area contributed by atoms with Gasteiger partial charge < -0.3 is 9.84 Å². The van der Waals surface area contributed by atoms with Crippen LogP contribution in [0.4, 0.5) is 0 Å². The first-order valence-electron chi connectivity index (χ1n) is 7.20. The largest absolute Gasteiger partial charge is 0.390 e. The van der Waals surface area contributed by atoms with Gasteiger partial charge >= 0.3 is 0 Å². The summed E-state index contributed by atoms with van der Waals surface area (Å²) in [4.78, 5) is 0. The standard InChI is InChI=1S/C16H24O2/c17-15-10-6-1-2-7-11-16(15)18-13-12-14-8-4-3-5-9-14/h3-5,8-9,15-17H,1-2,6-7,10-13H2. The van der Waals surface area contributed by atoms with Gasteiger partial charge in [-0.15, -0.1) is 0 Å². The summed E-state index contributed by atoms with van der Waals surface area (Å²) in [6, 6.07) is 10.4. The fourth-order valence-corrected chi connectivity index (χ4v) is 2.60. The molecule has 18 heavy (non-hydrogen) atoms. The first kappa shape index (κ1) is 13.6. The number of benzene rings is 1. The van der Waals surface area contributed by atoms with Gasteiger partial charge in [0.2, 0.25) is 0 Å². The molecule has 0 heterocycles. The van der Waals surface area contributed by atoms with E-state index in [0.717, 1.165) is 25.7 Å². The van der Waals surface area contributed by atoms with E-state index in [1.165, 1.54) is 24.8 Å². The SMILES string of the molecule is OC1CCCCCCC1OCCc1ccccc1. The molecule has 0 aliphatic heterocycles. The highest BCUT2D eigenvalue weighted by molar-refractivity contribution is 5.14. The van der Waals surface area contributed by atoms with E-state index in [2.05, 4.69) is 24.3 Å². The van der Waals surface area contributed by atoms with Gasteiger partial charge in [0.15, 0.2) is 0 Å². The summed E-state index contributed by atoms with van der Waals surface area (Å²) in [5.74, 6) is 0. The molecule has 0 saturated heterocycles. The summed E-state index contributed by atoms with van der Waals surface area (Å²) < 4.78 is 5.88. The molecule has 0 bridgehead atoms. The summed E-state index contributed by atoms with van der Waals surface area (Å²) in [5, 5.41) is 10.0. The Balaban J connectivity index is 1.74. The Morgan fingerprint density at radius 3 is 2.50 bits per heavy atom. The van der Waals surface area contributed by atoms with E-state index in [0.29, 0.717) is 6.61 Å². The Morgan fingerprint density at radius 2 is 1.72 bits per heavy atom. The number of rotatable bonds is 4. The third-order valence-corrected chi connectivity index (χ3v) is 3.73. The van der Waals surface area contributed by atoms with Crippen LogP contribution in [0, 0.1) is 0 Å². The van der Waals surface area contributed by atoms with Gasteiger partial charge in [-0.05, 0) is 24.8 Å². The van der Waals surface area contributed by atoms with E-state index >= 15 is 0 Å². The molecule has 2 heteroatoms. The van der Waals surface area contributed by atoms with Crippen molar-refractivity contribution in [1.29, 1.82) is 0 Å². The van der Waals surface area contributed by atoms with E-state index in [-0.39, 0.29) is 12.2 Å². The molecule has 100 valence electrons. The van der Waals surface area contributed by atoms with Gasteiger partial charge in [-0.25, -0.2) is 0 Å². The zero-order chi connectivity index (χ0) is 12.6. The summed E-state index contributed by atoms with van der Waals surface area (Å²) in [7, 11) is 0. The van der Waals surface area contributed by atoms with E-state index in [9.17, 15) is 5.11 Å². The Hall–Kier alpha value is -0.860. The Kier molecular flexibility index (Phi) is 5.69. The van der Waals surface area contributed by atoms with Crippen LogP contribution in [0.1, 0.15) is 44.1 Å². The third kappa shape index (κ3) is 4.43. The molecule has 0 spiro atoms. The smallest absolute Gasteiger partial charge is 0.0834 e. The van der Waals surface area contributed by atoms with Crippen LogP contribution in [0.2, 0.25) is 0 Å². The lowest BCUT2D eigenvalue weighted by Crippen LogP contribution is -2.30. The van der Waals surface area contributed by atoms with E-state index in [4.69, 9.17) is 4.74 Å². The van der Waals surface area contributed by atoms with E-state index < -0.39 is 0 Å². The van der Waals surface area contributed by atoms with Crippen molar-refractivity contribution in [2.45, 2.75) is 57.2 Å². The van der Waals surface area contributed by atoms with Gasteiger partial charge in [0.25, 0.3) is 0 Å². The molecule has 1 fully saturated rings. The molecular formula is C16H24O2. The number of ether oxygens (including phenoxy) is 1. The average molecular weight is 248 g/mol. The van der Waals surface area contributed by atoms with Gasteiger partial charge in [0.1, 0.15) is 0 Å². The van der Waals surface area contributed by atoms with Crippen LogP contribution in [-0.2, 0) is 11.2 Å². The maximum Gasteiger partial charge on any atom is 0.0834 e. The second-order valence-electron chi connectivity index (χ2n) is 5.20. The second-order valence-corrected chi connectivity index (χ2v) is 5.20. The maximum absolute atomic E-state index is 10.0. The number of hydrogen-bond acceptors (Lipinski definition) is 2. The van der Waals surface area contributed by atoms with Crippen LogP contribution < -0.4 is 0 Å². The van der Waals surface area contributed by atoms with Crippen LogP contribution in [0.5, 0.6) is 0 Å². The van der Waals surface area contributed by atoms with Crippen LogP contribution in [0.25, 0.3) is 0 Å². The normalized spacial score (nSPS) is 25.4. The molecule has 1 N–H and O–H groups in total. The molecule has 2 rings (SSSR count). The van der Waals surface area contributed by atoms with Gasteiger partial charge in [0, 0.05) is 0 Å². The first-order valence-corrected chi connectivity index (χ1v) is 7.20. The lowest BCUT2D eigenvalue weighted by Gasteiger charge is -2.25. The average Bonchev–Trinajstić information content (AvgIpc) is 2.39. The zero-order valence-electron chi connectivity index (χ0n) is 11.1. The number of aliphatic hydroxyl groups is 1. The molecule has 2 atom stereocenters. The number of hydrogen-bond donors (Lipinski definition) is 1. The third-order valence-electron chi connectivity index (χ3n) is 3.73. The fraction of sp³-hybridized carbons (Fsp3) is 0.625. The van der Waals surface area contributed by atoms with Crippen LogP contribution in [0.3, 0.4) is 0 Å². The minimum atomic E-state index is -0.263. The van der Waals surface area contributed by atoms with Crippen molar-refractivity contribution in [2.75, 3.05) is 6.61 Å². The lowest BCUT2D eigenvalue weighted by molar-refractivity contribution is -0.0482. The summed E-state index contributed by atoms with van der Waals surface area (Å²) in [6.07, 6.45) is 7.50. The molecule has 2 unspecified atom stereocenters. The maximum atomic E-state index is 10.0. The quantitative estimate of drug-likeness (QED) is 0.885. The monoisotopic (exact) mass is 248 g/mol. The minimum Gasteiger partial charge on any atom is -0.390 e. The van der Waals surface area contributed by atoms with Gasteiger partial charge in [-0.1, -0.05) is 56.0 Å². The fourth-order valence-electron chi connectivity index (χ4n) is 2.60. The Bertz CT molecular complexity index is 323. The molecule has 1 saturated carbocycles. The molecule has 1 aromatic rings. The molecule has 0 aromatic heterocycles. The van der Waals surface area contributed by atoms with Crippen molar-refractivity contribution in [3.63, 3.8) is 0 Å². The van der Waals surface area contributed by atoms with Crippen molar-refractivity contribution in [2.24, 2.45) is 0 Å². The number of aliphatic hydroxyl groups excluding tert-OH is 1. The van der Waals surface area contributed by atoms with Crippen LogP contribution in [-0.4, -0.2) is 23.9 Å². The lowest BCUT2D eigenvalue weighted by atomic mass is 9.96. The highest BCUT2D eigenvalue weighted by Crippen LogP contribution is 2.20. The van der Waals surface area contributed by atoms with E-state index in [1.54, 1.807) is 0 Å². The summed E-state index contributed by atoms with van der Waals surface area (Å²) in [6.45, 7) is 0.714. The van der Waals surface area contributed by atoms with Crippen LogP contribution >= 0.6 is 0 Å². The first-order chi connectivity index (χ1) is 8.86. The van der Waals surface area contributed by atoms with Gasteiger partial charge in [-0.3, -0.25) is 0 Å². The molecule has 2 nitrogen and oxygen atoms in total. The van der Waals surface area contributed by atoms with Crippen LogP contribution in [0.15, 0.2) is 30.3 Å². The van der Waals surface area contributed by atoms with Crippen molar-refractivity contribution in [3.8, 4) is 0 Å². The highest BCUT2D eigenvalue weighted by Gasteiger charge is 2.20. The topological polar surface area (TPSA) is 29.5 Å². The molecular weight excluding hydrogens is 224 g/mol. The van der Waals surface area contributed by atoms with Crippen molar-refractivity contribution < 1.29 is 9.84 Å². The van der Waals surface area contributed by atoms with Crippen molar-refractivity contribution >= 4 is 0 Å². The second kappa shape index (κ2) is 7.55. The van der Waals surface area contributed by atoms with Crippen molar-refractivity contribution in [1.82, 2.24) is 0 Å². The highest BCUT2D eigenvalue weighted by atomic mass is 16.5. The molecule has 1 aliphatic carbocycles. The van der Waals surface area contributed by atoms with Crippen molar-refractivity contribution in [3.05, 3.63) is 35.9 Å². The Morgan fingerprint density at radius 1 is 1.00 bits per heavy atom. The summed E-state index contributed by atoms with van der Waals surface area (Å²) in [5.41, 5.74) is 1.30. The van der Waals surface area contributed by atoms with Gasteiger partial charge in [0.05, 0.1) is 18.8 Å². The predicted octanol–water partition coefficient (Wildman–Crippen LogP) is 3.33. The molecule has 0 radical (unpaired) electrons.